The van der Waals surface area contributed by atoms with Crippen molar-refractivity contribution in [1.29, 1.82) is 0 Å². The molecule has 2 aromatic heterocycles. The lowest BCUT2D eigenvalue weighted by Gasteiger charge is -2.04. The minimum Gasteiger partial charge on any atom is -0.493 e. The van der Waals surface area contributed by atoms with Crippen molar-refractivity contribution in [3.05, 3.63) is 77.4 Å². The minimum absolute atomic E-state index is 0.0386. The number of nitrogens with one attached hydrogen (secondary N) is 2. The summed E-state index contributed by atoms with van der Waals surface area (Å²) in [7, 11) is 1.42. The molecule has 2 aromatic carbocycles. The SMILES string of the molecule is COc1cn(-c2ccc(F)cc2)nc1C(=O)Nc1nnc(SCC(=O)NCc2ccc(C)cc2)s1. The van der Waals surface area contributed by atoms with Gasteiger partial charge in [-0.2, -0.15) is 5.10 Å². The maximum absolute atomic E-state index is 13.2. The molecule has 2 N–H and O–H groups in total. The molecule has 0 saturated heterocycles. The van der Waals surface area contributed by atoms with E-state index in [-0.39, 0.29) is 34.1 Å². The molecule has 12 heteroatoms. The molecule has 4 aromatic rings. The molecule has 0 aliphatic rings. The average molecular weight is 513 g/mol. The summed E-state index contributed by atoms with van der Waals surface area (Å²) in [5.74, 6) is -0.626. The van der Waals surface area contributed by atoms with Crippen LogP contribution >= 0.6 is 23.1 Å². The van der Waals surface area contributed by atoms with E-state index < -0.39 is 5.91 Å². The lowest BCUT2D eigenvalue weighted by molar-refractivity contribution is -0.118. The number of carbonyl (C=O) groups is 2. The third-order valence-electron chi connectivity index (χ3n) is 4.77. The summed E-state index contributed by atoms with van der Waals surface area (Å²) >= 11 is 2.37. The van der Waals surface area contributed by atoms with E-state index in [2.05, 4.69) is 25.9 Å². The number of amides is 2. The van der Waals surface area contributed by atoms with Crippen LogP contribution in [0.5, 0.6) is 5.75 Å². The van der Waals surface area contributed by atoms with Gasteiger partial charge in [-0.3, -0.25) is 14.9 Å². The van der Waals surface area contributed by atoms with Crippen LogP contribution in [0.25, 0.3) is 5.69 Å². The molecule has 0 unspecified atom stereocenters. The van der Waals surface area contributed by atoms with Crippen molar-refractivity contribution >= 4 is 40.0 Å². The number of rotatable bonds is 9. The molecule has 0 saturated carbocycles. The number of aryl methyl sites for hydroxylation is 1. The smallest absolute Gasteiger partial charge is 0.281 e. The first-order valence-corrected chi connectivity index (χ1v) is 12.2. The van der Waals surface area contributed by atoms with Crippen LogP contribution in [0.3, 0.4) is 0 Å². The van der Waals surface area contributed by atoms with Gasteiger partial charge >= 0.3 is 0 Å². The Morgan fingerprint density at radius 1 is 1.11 bits per heavy atom. The highest BCUT2D eigenvalue weighted by molar-refractivity contribution is 8.01. The standard InChI is InChI=1S/C23H21FN6O3S2/c1-14-3-5-15(6-4-14)11-25-19(31)13-34-23-28-27-22(35-23)26-21(32)20-18(33-2)12-30(29-20)17-9-7-16(24)8-10-17/h3-10,12H,11,13H2,1-2H3,(H,25,31)(H,26,27,32). The second-order valence-corrected chi connectivity index (χ2v) is 9.55. The number of benzene rings is 2. The lowest BCUT2D eigenvalue weighted by Crippen LogP contribution is -2.24. The number of anilines is 1. The van der Waals surface area contributed by atoms with E-state index in [9.17, 15) is 14.0 Å². The monoisotopic (exact) mass is 512 g/mol. The number of thioether (sulfide) groups is 1. The van der Waals surface area contributed by atoms with Crippen LogP contribution in [0.15, 0.2) is 59.1 Å². The number of hydrogen-bond acceptors (Lipinski definition) is 8. The van der Waals surface area contributed by atoms with Gasteiger partial charge in [0.2, 0.25) is 11.0 Å². The summed E-state index contributed by atoms with van der Waals surface area (Å²) in [5, 5.41) is 18.0. The third kappa shape index (κ3) is 6.43. The van der Waals surface area contributed by atoms with Crippen LogP contribution in [0.2, 0.25) is 0 Å². The fraction of sp³-hybridized carbons (Fsp3) is 0.174. The molecule has 4 rings (SSSR count). The number of ether oxygens (including phenoxy) is 1. The van der Waals surface area contributed by atoms with Crippen LogP contribution in [-0.4, -0.2) is 44.7 Å². The van der Waals surface area contributed by atoms with Crippen LogP contribution in [0.4, 0.5) is 9.52 Å². The van der Waals surface area contributed by atoms with Crippen LogP contribution in [0.1, 0.15) is 21.6 Å². The number of aromatic nitrogens is 4. The van der Waals surface area contributed by atoms with E-state index in [1.54, 1.807) is 0 Å². The Bertz CT molecular complexity index is 1320. The quantitative estimate of drug-likeness (QED) is 0.259. The molecule has 35 heavy (non-hydrogen) atoms. The molecule has 0 fully saturated rings. The van der Waals surface area contributed by atoms with Crippen molar-refractivity contribution in [2.45, 2.75) is 17.8 Å². The van der Waals surface area contributed by atoms with Crippen molar-refractivity contribution < 1.29 is 18.7 Å². The first kappa shape index (κ1) is 24.4. The zero-order chi connectivity index (χ0) is 24.8. The van der Waals surface area contributed by atoms with Gasteiger partial charge in [-0.15, -0.1) is 10.2 Å². The van der Waals surface area contributed by atoms with Crippen LogP contribution < -0.4 is 15.4 Å². The first-order chi connectivity index (χ1) is 16.9. The maximum atomic E-state index is 13.2. The molecule has 0 radical (unpaired) electrons. The highest BCUT2D eigenvalue weighted by atomic mass is 32.2. The Balaban J connectivity index is 1.32. The zero-order valence-corrected chi connectivity index (χ0v) is 20.5. The van der Waals surface area contributed by atoms with Crippen molar-refractivity contribution in [2.24, 2.45) is 0 Å². The Kier molecular flexibility index (Phi) is 7.73. The normalized spacial score (nSPS) is 10.7. The van der Waals surface area contributed by atoms with Gasteiger partial charge < -0.3 is 10.1 Å². The van der Waals surface area contributed by atoms with Gasteiger partial charge in [-0.1, -0.05) is 52.9 Å². The van der Waals surface area contributed by atoms with Gasteiger partial charge in [-0.05, 0) is 36.8 Å². The van der Waals surface area contributed by atoms with Crippen molar-refractivity contribution in [2.75, 3.05) is 18.2 Å². The molecule has 0 atom stereocenters. The number of methoxy groups -OCH3 is 1. The Morgan fingerprint density at radius 2 is 1.86 bits per heavy atom. The average Bonchev–Trinajstić information content (AvgIpc) is 3.50. The van der Waals surface area contributed by atoms with Gasteiger partial charge in [0, 0.05) is 6.54 Å². The van der Waals surface area contributed by atoms with E-state index in [1.807, 2.05) is 31.2 Å². The maximum Gasteiger partial charge on any atom is 0.281 e. The lowest BCUT2D eigenvalue weighted by atomic mass is 10.1. The molecule has 2 amide bonds. The minimum atomic E-state index is -0.536. The molecule has 0 bridgehead atoms. The number of carbonyl (C=O) groups excluding carboxylic acids is 2. The number of halogens is 1. The Labute approximate surface area is 208 Å². The predicted molar refractivity (Wildman–Crippen MR) is 132 cm³/mol. The van der Waals surface area contributed by atoms with Crippen molar-refractivity contribution in [1.82, 2.24) is 25.3 Å². The summed E-state index contributed by atoms with van der Waals surface area (Å²) in [6.07, 6.45) is 1.53. The fourth-order valence-corrected chi connectivity index (χ4v) is 4.53. The molecular weight excluding hydrogens is 491 g/mol. The number of hydrogen-bond donors (Lipinski definition) is 2. The Morgan fingerprint density at radius 3 is 2.57 bits per heavy atom. The highest BCUT2D eigenvalue weighted by Gasteiger charge is 2.20. The first-order valence-electron chi connectivity index (χ1n) is 10.4. The summed E-state index contributed by atoms with van der Waals surface area (Å²) in [4.78, 5) is 24.9. The van der Waals surface area contributed by atoms with Crippen molar-refractivity contribution in [3.63, 3.8) is 0 Å². The van der Waals surface area contributed by atoms with Crippen LogP contribution in [0, 0.1) is 12.7 Å². The van der Waals surface area contributed by atoms with Gasteiger partial charge in [0.15, 0.2) is 15.8 Å². The van der Waals surface area contributed by atoms with Gasteiger partial charge in [-0.25, -0.2) is 9.07 Å². The van der Waals surface area contributed by atoms with Gasteiger partial charge in [0.1, 0.15) is 5.82 Å². The fourth-order valence-electron chi connectivity index (χ4n) is 2.95. The van der Waals surface area contributed by atoms with Crippen molar-refractivity contribution in [3.8, 4) is 11.4 Å². The highest BCUT2D eigenvalue weighted by Crippen LogP contribution is 2.27. The van der Waals surface area contributed by atoms with E-state index in [1.165, 1.54) is 54.0 Å². The second kappa shape index (κ2) is 11.1. The van der Waals surface area contributed by atoms with E-state index >= 15 is 0 Å². The zero-order valence-electron chi connectivity index (χ0n) is 18.8. The number of nitrogens with zero attached hydrogens (tertiary/aromatic N) is 4. The molecule has 180 valence electrons. The molecule has 0 spiro atoms. The predicted octanol–water partition coefficient (Wildman–Crippen LogP) is 3.84. The summed E-state index contributed by atoms with van der Waals surface area (Å²) in [6.45, 7) is 2.46. The van der Waals surface area contributed by atoms with Gasteiger partial charge in [0.25, 0.3) is 5.91 Å². The largest absolute Gasteiger partial charge is 0.493 e. The summed E-state index contributed by atoms with van der Waals surface area (Å²) < 4.78 is 20.4. The molecule has 9 nitrogen and oxygen atoms in total. The Hall–Kier alpha value is -3.77. The topological polar surface area (TPSA) is 111 Å². The van der Waals surface area contributed by atoms with E-state index in [0.717, 1.165) is 22.5 Å². The molecule has 0 aliphatic carbocycles. The molecule has 0 aliphatic heterocycles. The third-order valence-corrected chi connectivity index (χ3v) is 6.74. The molecule has 2 heterocycles. The van der Waals surface area contributed by atoms with Gasteiger partial charge in [0.05, 0.1) is 24.7 Å². The van der Waals surface area contributed by atoms with E-state index in [0.29, 0.717) is 16.6 Å². The molecular formula is C23H21FN6O3S2. The van der Waals surface area contributed by atoms with E-state index in [4.69, 9.17) is 4.74 Å². The summed E-state index contributed by atoms with van der Waals surface area (Å²) in [6, 6.07) is 13.6. The summed E-state index contributed by atoms with van der Waals surface area (Å²) in [5.41, 5.74) is 2.79. The van der Waals surface area contributed by atoms with Crippen LogP contribution in [-0.2, 0) is 11.3 Å². The second-order valence-electron chi connectivity index (χ2n) is 7.35.